The van der Waals surface area contributed by atoms with Gasteiger partial charge < -0.3 is 14.0 Å². The molecule has 0 saturated heterocycles. The summed E-state index contributed by atoms with van der Waals surface area (Å²) in [5.41, 5.74) is 1.28. The van der Waals surface area contributed by atoms with E-state index < -0.39 is 0 Å². The van der Waals surface area contributed by atoms with Gasteiger partial charge in [-0.1, -0.05) is 17.3 Å². The zero-order chi connectivity index (χ0) is 12.8. The molecule has 5 nitrogen and oxygen atoms in total. The lowest BCUT2D eigenvalue weighted by molar-refractivity contribution is 0.0881. The third-order valence-electron chi connectivity index (χ3n) is 2.35. The first kappa shape index (κ1) is 12.3. The predicted molar refractivity (Wildman–Crippen MR) is 63.4 cm³/mol. The lowest BCUT2D eigenvalue weighted by Gasteiger charge is -2.04. The first-order valence-corrected chi connectivity index (χ1v) is 5.43. The number of methoxy groups -OCH3 is 1. The molecule has 0 aliphatic heterocycles. The van der Waals surface area contributed by atoms with E-state index in [-0.39, 0.29) is 12.3 Å². The van der Waals surface area contributed by atoms with Gasteiger partial charge in [0.2, 0.25) is 0 Å². The molecule has 94 valence electrons. The molecule has 18 heavy (non-hydrogen) atoms. The van der Waals surface area contributed by atoms with Crippen molar-refractivity contribution < 1.29 is 18.8 Å². The van der Waals surface area contributed by atoms with Crippen LogP contribution in [0.25, 0.3) is 0 Å². The van der Waals surface area contributed by atoms with Crippen LogP contribution in [0.5, 0.6) is 5.75 Å². The van der Waals surface area contributed by atoms with Crippen LogP contribution in [0.15, 0.2) is 34.9 Å². The van der Waals surface area contributed by atoms with Crippen LogP contribution in [-0.2, 0) is 18.0 Å². The van der Waals surface area contributed by atoms with Crippen molar-refractivity contribution in [3.05, 3.63) is 47.3 Å². The number of carbonyl (C=O) groups is 1. The predicted octanol–water partition coefficient (Wildman–Crippen LogP) is 2.21. The molecular formula is C13H13NO4. The summed E-state index contributed by atoms with van der Waals surface area (Å²) in [5.74, 6) is 1.32. The minimum atomic E-state index is 0.273. The first-order chi connectivity index (χ1) is 8.81. The van der Waals surface area contributed by atoms with E-state index in [1.165, 1.54) is 0 Å². The van der Waals surface area contributed by atoms with Crippen LogP contribution < -0.4 is 4.74 Å². The topological polar surface area (TPSA) is 61.6 Å². The zero-order valence-electron chi connectivity index (χ0n) is 9.96. The van der Waals surface area contributed by atoms with Crippen molar-refractivity contribution in [3.63, 3.8) is 0 Å². The number of aldehydes is 1. The van der Waals surface area contributed by atoms with E-state index in [4.69, 9.17) is 14.0 Å². The highest BCUT2D eigenvalue weighted by molar-refractivity contribution is 5.71. The average molecular weight is 247 g/mol. The van der Waals surface area contributed by atoms with Crippen molar-refractivity contribution in [1.82, 2.24) is 5.16 Å². The molecular weight excluding hydrogens is 234 g/mol. The van der Waals surface area contributed by atoms with Gasteiger partial charge in [0, 0.05) is 6.07 Å². The minimum absolute atomic E-state index is 0.273. The summed E-state index contributed by atoms with van der Waals surface area (Å²) in [6, 6.07) is 9.17. The Hall–Kier alpha value is -2.14. The SMILES string of the molecule is COc1cccc(COCc2cc(C=O)no2)c1. The van der Waals surface area contributed by atoms with Gasteiger partial charge in [-0.25, -0.2) is 0 Å². The maximum absolute atomic E-state index is 10.4. The monoisotopic (exact) mass is 247 g/mol. The second kappa shape index (κ2) is 5.97. The van der Waals surface area contributed by atoms with Crippen LogP contribution >= 0.6 is 0 Å². The van der Waals surface area contributed by atoms with E-state index in [0.717, 1.165) is 11.3 Å². The molecule has 0 aliphatic rings. The summed E-state index contributed by atoms with van der Waals surface area (Å²) in [6.45, 7) is 0.715. The van der Waals surface area contributed by atoms with Gasteiger partial charge >= 0.3 is 0 Å². The molecule has 0 fully saturated rings. The van der Waals surface area contributed by atoms with Gasteiger partial charge in [0.1, 0.15) is 18.1 Å². The lowest BCUT2D eigenvalue weighted by atomic mass is 10.2. The zero-order valence-corrected chi connectivity index (χ0v) is 9.96. The Morgan fingerprint density at radius 3 is 2.94 bits per heavy atom. The first-order valence-electron chi connectivity index (χ1n) is 5.43. The molecule has 0 spiro atoms. The van der Waals surface area contributed by atoms with E-state index in [2.05, 4.69) is 5.16 Å². The van der Waals surface area contributed by atoms with E-state index in [1.807, 2.05) is 24.3 Å². The summed E-state index contributed by atoms with van der Waals surface area (Å²) >= 11 is 0. The van der Waals surface area contributed by atoms with Crippen molar-refractivity contribution in [2.24, 2.45) is 0 Å². The van der Waals surface area contributed by atoms with Crippen LogP contribution in [0.3, 0.4) is 0 Å². The third kappa shape index (κ3) is 3.18. The van der Waals surface area contributed by atoms with Gasteiger partial charge in [0.25, 0.3) is 0 Å². The second-order valence-electron chi connectivity index (χ2n) is 3.68. The molecule has 1 aromatic heterocycles. The smallest absolute Gasteiger partial charge is 0.171 e. The fraction of sp³-hybridized carbons (Fsp3) is 0.231. The molecule has 0 radical (unpaired) electrons. The number of benzene rings is 1. The highest BCUT2D eigenvalue weighted by Gasteiger charge is 2.03. The molecule has 0 atom stereocenters. The second-order valence-corrected chi connectivity index (χ2v) is 3.68. The molecule has 0 saturated carbocycles. The van der Waals surface area contributed by atoms with Gasteiger partial charge in [-0.05, 0) is 17.7 Å². The molecule has 0 bridgehead atoms. The molecule has 1 aromatic carbocycles. The fourth-order valence-corrected chi connectivity index (χ4v) is 1.48. The van der Waals surface area contributed by atoms with Crippen LogP contribution in [0.1, 0.15) is 21.8 Å². The molecule has 0 amide bonds. The van der Waals surface area contributed by atoms with Crippen molar-refractivity contribution in [3.8, 4) is 5.75 Å². The Morgan fingerprint density at radius 1 is 1.33 bits per heavy atom. The highest BCUT2D eigenvalue weighted by atomic mass is 16.5. The van der Waals surface area contributed by atoms with Gasteiger partial charge in [0.15, 0.2) is 12.0 Å². The third-order valence-corrected chi connectivity index (χ3v) is 2.35. The molecule has 2 rings (SSSR count). The molecule has 0 aliphatic carbocycles. The maximum atomic E-state index is 10.4. The number of hydrogen-bond acceptors (Lipinski definition) is 5. The molecule has 0 unspecified atom stereocenters. The Balaban J connectivity index is 1.85. The number of rotatable bonds is 6. The molecule has 2 aromatic rings. The Bertz CT molecular complexity index is 521. The Labute approximate surface area is 104 Å². The summed E-state index contributed by atoms with van der Waals surface area (Å²) in [4.78, 5) is 10.4. The summed E-state index contributed by atoms with van der Waals surface area (Å²) in [5, 5.41) is 3.54. The van der Waals surface area contributed by atoms with E-state index in [9.17, 15) is 4.79 Å². The van der Waals surface area contributed by atoms with Crippen LogP contribution in [0.2, 0.25) is 0 Å². The number of carbonyl (C=O) groups excluding carboxylic acids is 1. The van der Waals surface area contributed by atoms with E-state index in [1.54, 1.807) is 13.2 Å². The Kier molecular flexibility index (Phi) is 4.09. The molecule has 1 heterocycles. The molecule has 5 heteroatoms. The number of aromatic nitrogens is 1. The largest absolute Gasteiger partial charge is 0.497 e. The summed E-state index contributed by atoms with van der Waals surface area (Å²) in [7, 11) is 1.62. The van der Waals surface area contributed by atoms with E-state index >= 15 is 0 Å². The van der Waals surface area contributed by atoms with Crippen molar-refractivity contribution >= 4 is 6.29 Å². The summed E-state index contributed by atoms with van der Waals surface area (Å²) < 4.78 is 15.5. The molecule has 0 N–H and O–H groups in total. The summed E-state index contributed by atoms with van der Waals surface area (Å²) in [6.07, 6.45) is 0.634. The number of hydrogen-bond donors (Lipinski definition) is 0. The number of ether oxygens (including phenoxy) is 2. The van der Waals surface area contributed by atoms with Crippen LogP contribution in [0.4, 0.5) is 0 Å². The van der Waals surface area contributed by atoms with Gasteiger partial charge in [-0.15, -0.1) is 0 Å². The Morgan fingerprint density at radius 2 is 2.22 bits per heavy atom. The van der Waals surface area contributed by atoms with Crippen molar-refractivity contribution in [2.45, 2.75) is 13.2 Å². The van der Waals surface area contributed by atoms with E-state index in [0.29, 0.717) is 18.7 Å². The van der Waals surface area contributed by atoms with Crippen molar-refractivity contribution in [2.75, 3.05) is 7.11 Å². The van der Waals surface area contributed by atoms with Gasteiger partial charge in [-0.3, -0.25) is 4.79 Å². The lowest BCUT2D eigenvalue weighted by Crippen LogP contribution is -1.93. The van der Waals surface area contributed by atoms with Gasteiger partial charge in [0.05, 0.1) is 13.7 Å². The standard InChI is InChI=1S/C13H13NO4/c1-16-12-4-2-3-10(5-12)8-17-9-13-6-11(7-15)14-18-13/h2-7H,8-9H2,1H3. The maximum Gasteiger partial charge on any atom is 0.171 e. The van der Waals surface area contributed by atoms with Crippen molar-refractivity contribution in [1.29, 1.82) is 0 Å². The van der Waals surface area contributed by atoms with Gasteiger partial charge in [-0.2, -0.15) is 0 Å². The quantitative estimate of drug-likeness (QED) is 0.732. The highest BCUT2D eigenvalue weighted by Crippen LogP contribution is 2.14. The number of nitrogens with zero attached hydrogens (tertiary/aromatic N) is 1. The van der Waals surface area contributed by atoms with Crippen LogP contribution in [-0.4, -0.2) is 18.6 Å². The normalized spacial score (nSPS) is 10.3. The van der Waals surface area contributed by atoms with Crippen LogP contribution in [0, 0.1) is 0 Å². The fourth-order valence-electron chi connectivity index (χ4n) is 1.48. The minimum Gasteiger partial charge on any atom is -0.497 e. The average Bonchev–Trinajstić information content (AvgIpc) is 2.87.